The van der Waals surface area contributed by atoms with Gasteiger partial charge in [-0.15, -0.1) is 0 Å². The number of aliphatic hydroxyl groups is 2. The van der Waals surface area contributed by atoms with Crippen molar-refractivity contribution in [1.29, 1.82) is 5.26 Å². The van der Waals surface area contributed by atoms with Crippen molar-refractivity contribution in [1.82, 2.24) is 0 Å². The van der Waals surface area contributed by atoms with Crippen LogP contribution in [-0.2, 0) is 0 Å². The summed E-state index contributed by atoms with van der Waals surface area (Å²) in [5.74, 6) is 0. The van der Waals surface area contributed by atoms with Gasteiger partial charge in [0.2, 0.25) is 0 Å². The van der Waals surface area contributed by atoms with Gasteiger partial charge in [0, 0.05) is 18.3 Å². The number of nitriles is 1. The highest BCUT2D eigenvalue weighted by atomic mass is 16.3. The molecule has 0 heterocycles. The number of aliphatic hydroxyl groups excluding tert-OH is 2. The van der Waals surface area contributed by atoms with Crippen LogP contribution in [0.3, 0.4) is 0 Å². The molecule has 0 aliphatic heterocycles. The highest BCUT2D eigenvalue weighted by molar-refractivity contribution is 5.59. The van der Waals surface area contributed by atoms with Crippen LogP contribution in [0, 0.1) is 11.3 Å². The first-order valence-corrected chi connectivity index (χ1v) is 5.90. The van der Waals surface area contributed by atoms with E-state index in [2.05, 4.69) is 6.07 Å². The third-order valence-corrected chi connectivity index (χ3v) is 3.27. The Morgan fingerprint density at radius 2 is 2.06 bits per heavy atom. The monoisotopic (exact) mass is 248 g/mol. The lowest BCUT2D eigenvalue weighted by Crippen LogP contribution is -2.45. The van der Waals surface area contributed by atoms with Crippen molar-refractivity contribution in [3.63, 3.8) is 0 Å². The second-order valence-corrected chi connectivity index (χ2v) is 5.09. The molecule has 0 aromatic heterocycles. The molecule has 2 N–H and O–H groups in total. The molecular weight excluding hydrogens is 228 g/mol. The van der Waals surface area contributed by atoms with Gasteiger partial charge in [-0.25, -0.2) is 0 Å². The van der Waals surface area contributed by atoms with Crippen molar-refractivity contribution >= 4 is 5.69 Å². The highest BCUT2D eigenvalue weighted by Crippen LogP contribution is 2.30. The number of hydrogen-bond acceptors (Lipinski definition) is 4. The van der Waals surface area contributed by atoms with Gasteiger partial charge in [-0.1, -0.05) is 6.07 Å². The molecule has 98 valence electrons. The maximum absolute atomic E-state index is 9.78. The Hall–Kier alpha value is -1.57. The third-order valence-electron chi connectivity index (χ3n) is 3.27. The Morgan fingerprint density at radius 1 is 1.44 bits per heavy atom. The number of rotatable bonds is 4. The fraction of sp³-hybridized carbons (Fsp3) is 0.500. The third kappa shape index (κ3) is 2.81. The molecule has 1 unspecified atom stereocenters. The number of nitrogens with zero attached hydrogens (tertiary/aromatic N) is 2. The largest absolute Gasteiger partial charge is 0.394 e. The van der Waals surface area contributed by atoms with Gasteiger partial charge in [0.15, 0.2) is 0 Å². The van der Waals surface area contributed by atoms with E-state index in [1.165, 1.54) is 0 Å². The molecular formula is C14H20N2O2. The fourth-order valence-electron chi connectivity index (χ4n) is 1.69. The summed E-state index contributed by atoms with van der Waals surface area (Å²) in [5.41, 5.74) is 1.59. The summed E-state index contributed by atoms with van der Waals surface area (Å²) in [6.45, 7) is 5.47. The molecule has 0 aliphatic rings. The van der Waals surface area contributed by atoms with E-state index >= 15 is 0 Å². The summed E-state index contributed by atoms with van der Waals surface area (Å²) in [6, 6.07) is 7.26. The van der Waals surface area contributed by atoms with E-state index in [1.807, 2.05) is 25.8 Å². The number of likely N-dealkylation sites (N-methyl/N-ethyl adjacent to an activating group) is 1. The van der Waals surface area contributed by atoms with Crippen molar-refractivity contribution in [3.8, 4) is 6.07 Å². The predicted octanol–water partition coefficient (Wildman–Crippen LogP) is 1.82. The Labute approximate surface area is 108 Å². The van der Waals surface area contributed by atoms with Crippen LogP contribution in [0.1, 0.15) is 38.0 Å². The fourth-order valence-corrected chi connectivity index (χ4v) is 1.69. The number of anilines is 1. The molecule has 4 heteroatoms. The maximum Gasteiger partial charge on any atom is 0.0992 e. The van der Waals surface area contributed by atoms with Crippen molar-refractivity contribution in [2.45, 2.75) is 32.4 Å². The second-order valence-electron chi connectivity index (χ2n) is 5.09. The van der Waals surface area contributed by atoms with E-state index in [1.54, 1.807) is 25.1 Å². The van der Waals surface area contributed by atoms with Crippen molar-refractivity contribution < 1.29 is 10.2 Å². The molecule has 1 atom stereocenters. The highest BCUT2D eigenvalue weighted by Gasteiger charge is 2.25. The lowest BCUT2D eigenvalue weighted by molar-refractivity contribution is 0.196. The molecule has 1 aromatic rings. The Kier molecular flexibility index (Phi) is 4.33. The summed E-state index contributed by atoms with van der Waals surface area (Å²) < 4.78 is 0. The van der Waals surface area contributed by atoms with Crippen LogP contribution in [0.15, 0.2) is 18.2 Å². The summed E-state index contributed by atoms with van der Waals surface area (Å²) in [4.78, 5) is 1.88. The number of hydrogen-bond donors (Lipinski definition) is 2. The molecule has 0 spiro atoms. The second kappa shape index (κ2) is 5.38. The summed E-state index contributed by atoms with van der Waals surface area (Å²) >= 11 is 0. The lowest BCUT2D eigenvalue weighted by atomic mass is 9.99. The zero-order valence-electron chi connectivity index (χ0n) is 11.3. The van der Waals surface area contributed by atoms with Gasteiger partial charge in [-0.05, 0) is 32.9 Å². The van der Waals surface area contributed by atoms with E-state index in [0.717, 1.165) is 11.3 Å². The van der Waals surface area contributed by atoms with Crippen LogP contribution in [0.4, 0.5) is 5.69 Å². The first kappa shape index (κ1) is 14.5. The molecule has 1 rings (SSSR count). The zero-order valence-corrected chi connectivity index (χ0v) is 11.3. The molecule has 0 fully saturated rings. The number of benzene rings is 1. The zero-order chi connectivity index (χ0) is 13.9. The van der Waals surface area contributed by atoms with Crippen LogP contribution in [0.25, 0.3) is 0 Å². The van der Waals surface area contributed by atoms with Gasteiger partial charge in [0.1, 0.15) is 0 Å². The van der Waals surface area contributed by atoms with Crippen LogP contribution >= 0.6 is 0 Å². The molecule has 0 saturated carbocycles. The van der Waals surface area contributed by atoms with Crippen molar-refractivity contribution in [2.24, 2.45) is 0 Å². The summed E-state index contributed by atoms with van der Waals surface area (Å²) in [5, 5.41) is 28.1. The van der Waals surface area contributed by atoms with Crippen LogP contribution in [0.5, 0.6) is 0 Å². The normalized spacial score (nSPS) is 12.9. The quantitative estimate of drug-likeness (QED) is 0.853. The minimum Gasteiger partial charge on any atom is -0.394 e. The van der Waals surface area contributed by atoms with E-state index in [9.17, 15) is 10.2 Å². The van der Waals surface area contributed by atoms with Crippen LogP contribution in [-0.4, -0.2) is 29.4 Å². The maximum atomic E-state index is 9.78. The van der Waals surface area contributed by atoms with Gasteiger partial charge in [-0.3, -0.25) is 0 Å². The van der Waals surface area contributed by atoms with Crippen molar-refractivity contribution in [2.75, 3.05) is 18.6 Å². The molecule has 18 heavy (non-hydrogen) atoms. The molecule has 0 amide bonds. The van der Waals surface area contributed by atoms with Crippen LogP contribution < -0.4 is 4.90 Å². The molecule has 0 bridgehead atoms. The molecule has 1 aromatic carbocycles. The molecule has 0 saturated heterocycles. The standard InChI is InChI=1S/C14H20N2O2/c1-10(18)12-6-5-11(8-15)7-13(12)16(4)14(2,3)9-17/h5-7,10,17-18H,9H2,1-4H3. The summed E-state index contributed by atoms with van der Waals surface area (Å²) in [6.07, 6.45) is -0.621. The predicted molar refractivity (Wildman–Crippen MR) is 71.4 cm³/mol. The minimum atomic E-state index is -0.621. The van der Waals surface area contributed by atoms with Gasteiger partial charge in [0.05, 0.1) is 29.9 Å². The Balaban J connectivity index is 3.32. The van der Waals surface area contributed by atoms with Crippen molar-refractivity contribution in [3.05, 3.63) is 29.3 Å². The topological polar surface area (TPSA) is 67.5 Å². The summed E-state index contributed by atoms with van der Waals surface area (Å²) in [7, 11) is 1.85. The average molecular weight is 248 g/mol. The molecule has 0 aliphatic carbocycles. The Morgan fingerprint density at radius 3 is 2.50 bits per heavy atom. The first-order chi connectivity index (χ1) is 8.33. The smallest absolute Gasteiger partial charge is 0.0992 e. The Bertz CT molecular complexity index is 461. The lowest BCUT2D eigenvalue weighted by Gasteiger charge is -2.37. The van der Waals surface area contributed by atoms with E-state index in [0.29, 0.717) is 5.56 Å². The molecule has 0 radical (unpaired) electrons. The SMILES string of the molecule is CC(O)c1ccc(C#N)cc1N(C)C(C)(C)CO. The van der Waals surface area contributed by atoms with Gasteiger partial charge < -0.3 is 15.1 Å². The van der Waals surface area contributed by atoms with Gasteiger partial charge in [-0.2, -0.15) is 5.26 Å². The average Bonchev–Trinajstić information content (AvgIpc) is 2.36. The first-order valence-electron chi connectivity index (χ1n) is 5.90. The van der Waals surface area contributed by atoms with Crippen LogP contribution in [0.2, 0.25) is 0 Å². The minimum absolute atomic E-state index is 0.0144. The van der Waals surface area contributed by atoms with E-state index < -0.39 is 11.6 Å². The van der Waals surface area contributed by atoms with Gasteiger partial charge >= 0.3 is 0 Å². The van der Waals surface area contributed by atoms with E-state index in [-0.39, 0.29) is 6.61 Å². The van der Waals surface area contributed by atoms with Gasteiger partial charge in [0.25, 0.3) is 0 Å². The molecule has 4 nitrogen and oxygen atoms in total. The van der Waals surface area contributed by atoms with E-state index in [4.69, 9.17) is 5.26 Å².